The topological polar surface area (TPSA) is 24.5 Å². The smallest absolute Gasteiger partial charge is 0.0710 e. The van der Waals surface area contributed by atoms with Crippen molar-refractivity contribution in [3.63, 3.8) is 0 Å². The second-order valence-corrected chi connectivity index (χ2v) is 5.26. The molecule has 1 aliphatic heterocycles. The molecular formula is C13H28N2O. The van der Waals surface area contributed by atoms with Crippen molar-refractivity contribution >= 4 is 0 Å². The fourth-order valence-corrected chi connectivity index (χ4v) is 2.35. The number of nitrogens with one attached hydrogen (secondary N) is 1. The van der Waals surface area contributed by atoms with Gasteiger partial charge in [0.25, 0.3) is 0 Å². The molecule has 0 aromatic rings. The molecule has 0 aliphatic carbocycles. The Morgan fingerprint density at radius 1 is 1.38 bits per heavy atom. The largest absolute Gasteiger partial charge is 0.380 e. The zero-order valence-electron chi connectivity index (χ0n) is 11.3. The lowest BCUT2D eigenvalue weighted by Gasteiger charge is -2.27. The summed E-state index contributed by atoms with van der Waals surface area (Å²) in [5, 5.41) is 3.56. The van der Waals surface area contributed by atoms with Gasteiger partial charge in [-0.2, -0.15) is 0 Å². The molecule has 3 heteroatoms. The third-order valence-electron chi connectivity index (χ3n) is 3.43. The first kappa shape index (κ1) is 13.9. The standard InChI is InChI=1S/C13H28N2O/c1-5-12(9-14-8-11(2)3)15-7-6-13(10-15)16-4/h11-14H,5-10H2,1-4H3. The highest BCUT2D eigenvalue weighted by molar-refractivity contribution is 4.82. The van der Waals surface area contributed by atoms with Gasteiger partial charge >= 0.3 is 0 Å². The monoisotopic (exact) mass is 228 g/mol. The van der Waals surface area contributed by atoms with E-state index < -0.39 is 0 Å². The van der Waals surface area contributed by atoms with Crippen LogP contribution in [0.25, 0.3) is 0 Å². The van der Waals surface area contributed by atoms with E-state index in [-0.39, 0.29) is 0 Å². The van der Waals surface area contributed by atoms with Gasteiger partial charge in [0.2, 0.25) is 0 Å². The minimum atomic E-state index is 0.458. The summed E-state index contributed by atoms with van der Waals surface area (Å²) in [7, 11) is 1.83. The molecule has 0 amide bonds. The number of ether oxygens (including phenoxy) is 1. The molecule has 2 unspecified atom stereocenters. The van der Waals surface area contributed by atoms with Crippen molar-refractivity contribution in [1.82, 2.24) is 10.2 Å². The summed E-state index contributed by atoms with van der Waals surface area (Å²) in [4.78, 5) is 2.57. The van der Waals surface area contributed by atoms with Crippen molar-refractivity contribution in [2.24, 2.45) is 5.92 Å². The van der Waals surface area contributed by atoms with Crippen LogP contribution in [-0.4, -0.2) is 50.3 Å². The van der Waals surface area contributed by atoms with Gasteiger partial charge in [0.1, 0.15) is 0 Å². The Morgan fingerprint density at radius 2 is 2.12 bits per heavy atom. The molecule has 1 heterocycles. The van der Waals surface area contributed by atoms with Gasteiger partial charge < -0.3 is 10.1 Å². The Labute approximate surface area is 101 Å². The fourth-order valence-electron chi connectivity index (χ4n) is 2.35. The van der Waals surface area contributed by atoms with Crippen molar-refractivity contribution in [3.05, 3.63) is 0 Å². The van der Waals surface area contributed by atoms with Gasteiger partial charge in [-0.1, -0.05) is 20.8 Å². The zero-order chi connectivity index (χ0) is 12.0. The van der Waals surface area contributed by atoms with E-state index in [2.05, 4.69) is 31.0 Å². The van der Waals surface area contributed by atoms with Crippen LogP contribution in [0, 0.1) is 5.92 Å². The minimum Gasteiger partial charge on any atom is -0.380 e. The van der Waals surface area contributed by atoms with Crippen molar-refractivity contribution in [2.45, 2.75) is 45.8 Å². The summed E-state index contributed by atoms with van der Waals surface area (Å²) in [5.41, 5.74) is 0. The molecule has 0 saturated carbocycles. The van der Waals surface area contributed by atoms with Crippen LogP contribution in [-0.2, 0) is 4.74 Å². The molecule has 16 heavy (non-hydrogen) atoms. The molecule has 3 nitrogen and oxygen atoms in total. The lowest BCUT2D eigenvalue weighted by atomic mass is 10.1. The van der Waals surface area contributed by atoms with Crippen molar-refractivity contribution in [3.8, 4) is 0 Å². The summed E-state index contributed by atoms with van der Waals surface area (Å²) < 4.78 is 5.42. The van der Waals surface area contributed by atoms with Crippen LogP contribution in [0.4, 0.5) is 0 Å². The molecular weight excluding hydrogens is 200 g/mol. The molecule has 2 atom stereocenters. The molecule has 0 aromatic carbocycles. The average Bonchev–Trinajstić information content (AvgIpc) is 2.72. The van der Waals surface area contributed by atoms with Crippen LogP contribution in [0.3, 0.4) is 0 Å². The number of likely N-dealkylation sites (tertiary alicyclic amines) is 1. The highest BCUT2D eigenvalue weighted by Crippen LogP contribution is 2.16. The summed E-state index contributed by atoms with van der Waals surface area (Å²) in [5.74, 6) is 0.739. The van der Waals surface area contributed by atoms with Gasteiger partial charge in [-0.3, -0.25) is 4.90 Å². The highest BCUT2D eigenvalue weighted by Gasteiger charge is 2.26. The summed E-state index contributed by atoms with van der Waals surface area (Å²) in [6.07, 6.45) is 2.87. The van der Waals surface area contributed by atoms with E-state index in [1.807, 2.05) is 7.11 Å². The third kappa shape index (κ3) is 4.40. The number of nitrogens with zero attached hydrogens (tertiary/aromatic N) is 1. The first-order valence-electron chi connectivity index (χ1n) is 6.64. The molecule has 1 aliphatic rings. The van der Waals surface area contributed by atoms with Crippen LogP contribution in [0.1, 0.15) is 33.6 Å². The summed E-state index contributed by atoms with van der Waals surface area (Å²) in [6.45, 7) is 11.3. The lowest BCUT2D eigenvalue weighted by Crippen LogP contribution is -2.42. The van der Waals surface area contributed by atoms with Gasteiger partial charge in [-0.25, -0.2) is 0 Å². The first-order valence-corrected chi connectivity index (χ1v) is 6.64. The van der Waals surface area contributed by atoms with Crippen LogP contribution >= 0.6 is 0 Å². The summed E-state index contributed by atoms with van der Waals surface area (Å²) in [6, 6.07) is 0.680. The van der Waals surface area contributed by atoms with E-state index >= 15 is 0 Å². The van der Waals surface area contributed by atoms with E-state index in [1.165, 1.54) is 19.4 Å². The number of rotatable bonds is 7. The van der Waals surface area contributed by atoms with E-state index in [0.717, 1.165) is 25.6 Å². The van der Waals surface area contributed by atoms with Crippen molar-refractivity contribution in [1.29, 1.82) is 0 Å². The van der Waals surface area contributed by atoms with E-state index in [9.17, 15) is 0 Å². The molecule has 96 valence electrons. The predicted octanol–water partition coefficient (Wildman–Crippen LogP) is 1.73. The average molecular weight is 228 g/mol. The van der Waals surface area contributed by atoms with Crippen molar-refractivity contribution in [2.75, 3.05) is 33.3 Å². The maximum absolute atomic E-state index is 5.42. The Hall–Kier alpha value is -0.120. The fraction of sp³-hybridized carbons (Fsp3) is 1.00. The van der Waals surface area contributed by atoms with Crippen LogP contribution in [0.5, 0.6) is 0 Å². The Bertz CT molecular complexity index is 185. The third-order valence-corrected chi connectivity index (χ3v) is 3.43. The molecule has 0 aromatic heterocycles. The molecule has 0 spiro atoms. The molecule has 1 fully saturated rings. The molecule has 1 rings (SSSR count). The van der Waals surface area contributed by atoms with Gasteiger partial charge in [0, 0.05) is 32.8 Å². The summed E-state index contributed by atoms with van der Waals surface area (Å²) >= 11 is 0. The Morgan fingerprint density at radius 3 is 2.62 bits per heavy atom. The van der Waals surface area contributed by atoms with Gasteiger partial charge in [0.05, 0.1) is 6.10 Å². The van der Waals surface area contributed by atoms with Crippen LogP contribution < -0.4 is 5.32 Å². The second kappa shape index (κ2) is 7.25. The number of hydrogen-bond donors (Lipinski definition) is 1. The van der Waals surface area contributed by atoms with Gasteiger partial charge in [-0.05, 0) is 25.3 Å². The molecule has 0 radical (unpaired) electrons. The Kier molecular flexibility index (Phi) is 6.32. The van der Waals surface area contributed by atoms with Crippen LogP contribution in [0.2, 0.25) is 0 Å². The number of hydrogen-bond acceptors (Lipinski definition) is 3. The predicted molar refractivity (Wildman–Crippen MR) is 68.8 cm³/mol. The first-order chi connectivity index (χ1) is 7.67. The van der Waals surface area contributed by atoms with E-state index in [0.29, 0.717) is 12.1 Å². The lowest BCUT2D eigenvalue weighted by molar-refractivity contribution is 0.0999. The molecule has 0 bridgehead atoms. The van der Waals surface area contributed by atoms with E-state index in [1.54, 1.807) is 0 Å². The maximum atomic E-state index is 5.42. The highest BCUT2D eigenvalue weighted by atomic mass is 16.5. The SMILES string of the molecule is CCC(CNCC(C)C)N1CCC(OC)C1. The van der Waals surface area contributed by atoms with Gasteiger partial charge in [-0.15, -0.1) is 0 Å². The van der Waals surface area contributed by atoms with Crippen LogP contribution in [0.15, 0.2) is 0 Å². The van der Waals surface area contributed by atoms with Gasteiger partial charge in [0.15, 0.2) is 0 Å². The normalized spacial score (nSPS) is 24.2. The molecule has 1 saturated heterocycles. The second-order valence-electron chi connectivity index (χ2n) is 5.26. The van der Waals surface area contributed by atoms with Crippen molar-refractivity contribution < 1.29 is 4.74 Å². The Balaban J connectivity index is 2.25. The zero-order valence-corrected chi connectivity index (χ0v) is 11.3. The minimum absolute atomic E-state index is 0.458. The maximum Gasteiger partial charge on any atom is 0.0710 e. The quantitative estimate of drug-likeness (QED) is 0.718. The van der Waals surface area contributed by atoms with E-state index in [4.69, 9.17) is 4.74 Å². The molecule has 1 N–H and O–H groups in total. The number of methoxy groups -OCH3 is 1.